The first kappa shape index (κ1) is 33.2. The second kappa shape index (κ2) is 14.6. The number of fused-ring (bicyclic) bond motifs is 5. The van der Waals surface area contributed by atoms with Crippen LogP contribution in [-0.2, 0) is 43.8 Å². The monoisotopic (exact) mass is 678 g/mol. The number of carbonyl (C=O) groups is 1. The van der Waals surface area contributed by atoms with Crippen molar-refractivity contribution in [3.63, 3.8) is 0 Å². The number of aromatic nitrogens is 4. The van der Waals surface area contributed by atoms with Crippen LogP contribution < -0.4 is 24.8 Å². The fourth-order valence-corrected chi connectivity index (χ4v) is 7.00. The molecule has 0 amide bonds. The highest BCUT2D eigenvalue weighted by Gasteiger charge is 2.25. The van der Waals surface area contributed by atoms with Gasteiger partial charge in [0, 0.05) is 26.2 Å². The Balaban J connectivity index is 1.31. The Morgan fingerprint density at radius 1 is 0.900 bits per heavy atom. The molecule has 2 aliphatic rings. The third-order valence-electron chi connectivity index (χ3n) is 9.54. The van der Waals surface area contributed by atoms with Gasteiger partial charge in [-0.3, -0.25) is 14.3 Å². The molecule has 2 aromatic heterocycles. The number of aliphatic carboxylic acids is 1. The molecule has 260 valence electrons. The summed E-state index contributed by atoms with van der Waals surface area (Å²) >= 11 is 0. The first-order valence-corrected chi connectivity index (χ1v) is 17.1. The highest BCUT2D eigenvalue weighted by molar-refractivity contribution is 5.84. The fraction of sp³-hybridized carbons (Fsp3) is 0.368. The average Bonchev–Trinajstić information content (AvgIpc) is 3.43. The number of H-pyrrole nitrogens is 1. The number of aryl methyl sites for hydroxylation is 1. The highest BCUT2D eigenvalue weighted by Crippen LogP contribution is 2.31. The summed E-state index contributed by atoms with van der Waals surface area (Å²) in [4.78, 5) is 42.2. The first-order chi connectivity index (χ1) is 24.4. The minimum Gasteiger partial charge on any atom is -0.497 e. The third kappa shape index (κ3) is 7.30. The summed E-state index contributed by atoms with van der Waals surface area (Å²) in [6.07, 6.45) is 4.40. The summed E-state index contributed by atoms with van der Waals surface area (Å²) in [6, 6.07) is 20.4. The SMILES string of the molecule is COc1ccc(CN(Cc2ccc(OC)cc2)c2nc3nc4c2[nH]c(=O)n4Cc2cc(c4c(c2)CCN(CC(=O)O)C4)CCCCCO3)cc1. The van der Waals surface area contributed by atoms with Crippen molar-refractivity contribution < 1.29 is 24.1 Å². The molecule has 2 N–H and O–H groups in total. The van der Waals surface area contributed by atoms with Gasteiger partial charge in [-0.05, 0) is 89.8 Å². The molecular weight excluding hydrogens is 636 g/mol. The van der Waals surface area contributed by atoms with E-state index in [0.29, 0.717) is 56.3 Å². The van der Waals surface area contributed by atoms with Crippen molar-refractivity contribution >= 4 is 23.0 Å². The molecule has 0 atom stereocenters. The van der Waals surface area contributed by atoms with Crippen molar-refractivity contribution in [2.75, 3.05) is 38.8 Å². The van der Waals surface area contributed by atoms with Crippen LogP contribution in [0.25, 0.3) is 11.2 Å². The van der Waals surface area contributed by atoms with E-state index in [1.54, 1.807) is 18.8 Å². The number of anilines is 1. The summed E-state index contributed by atoms with van der Waals surface area (Å²) in [5.74, 6) is 1.30. The van der Waals surface area contributed by atoms with Crippen LogP contribution in [0.4, 0.5) is 5.82 Å². The zero-order valence-electron chi connectivity index (χ0n) is 28.5. The van der Waals surface area contributed by atoms with Crippen LogP contribution in [0.3, 0.4) is 0 Å². The maximum Gasteiger partial charge on any atom is 0.328 e. The molecule has 0 radical (unpaired) electrons. The Morgan fingerprint density at radius 3 is 2.20 bits per heavy atom. The Bertz CT molecular complexity index is 1990. The van der Waals surface area contributed by atoms with Crippen LogP contribution >= 0.6 is 0 Å². The largest absolute Gasteiger partial charge is 0.497 e. The number of hydrogen-bond acceptors (Lipinski definition) is 9. The fourth-order valence-electron chi connectivity index (χ4n) is 7.00. The summed E-state index contributed by atoms with van der Waals surface area (Å²) < 4.78 is 18.6. The van der Waals surface area contributed by atoms with Gasteiger partial charge in [0.05, 0.1) is 33.9 Å². The Kier molecular flexibility index (Phi) is 9.70. The molecule has 4 heterocycles. The predicted molar refractivity (Wildman–Crippen MR) is 189 cm³/mol. The zero-order chi connectivity index (χ0) is 34.6. The van der Waals surface area contributed by atoms with E-state index in [-0.39, 0.29) is 18.2 Å². The number of carboxylic acids is 1. The number of hydrogen-bond donors (Lipinski definition) is 2. The number of imidazole rings is 1. The molecule has 2 aliphatic heterocycles. The maximum absolute atomic E-state index is 13.8. The van der Waals surface area contributed by atoms with E-state index in [1.807, 2.05) is 53.4 Å². The molecule has 0 unspecified atom stereocenters. The van der Waals surface area contributed by atoms with Crippen LogP contribution in [0, 0.1) is 0 Å². The first-order valence-electron chi connectivity index (χ1n) is 17.1. The van der Waals surface area contributed by atoms with Gasteiger partial charge in [0.25, 0.3) is 0 Å². The van der Waals surface area contributed by atoms with Gasteiger partial charge in [0.15, 0.2) is 11.5 Å². The van der Waals surface area contributed by atoms with Crippen molar-refractivity contribution in [3.8, 4) is 17.5 Å². The minimum absolute atomic E-state index is 0.0288. The van der Waals surface area contributed by atoms with E-state index in [2.05, 4.69) is 22.0 Å². The Labute approximate surface area is 290 Å². The van der Waals surface area contributed by atoms with Crippen LogP contribution in [0.2, 0.25) is 0 Å². The lowest BCUT2D eigenvalue weighted by atomic mass is 9.90. The van der Waals surface area contributed by atoms with Crippen molar-refractivity contribution in [1.82, 2.24) is 24.4 Å². The van der Waals surface area contributed by atoms with Crippen molar-refractivity contribution in [2.24, 2.45) is 0 Å². The van der Waals surface area contributed by atoms with Crippen LogP contribution in [0.5, 0.6) is 17.5 Å². The van der Waals surface area contributed by atoms with E-state index in [9.17, 15) is 14.7 Å². The molecule has 3 aromatic carbocycles. The summed E-state index contributed by atoms with van der Waals surface area (Å²) in [5.41, 5.74) is 7.51. The Morgan fingerprint density at radius 2 is 1.56 bits per heavy atom. The molecule has 50 heavy (non-hydrogen) atoms. The van der Waals surface area contributed by atoms with Gasteiger partial charge in [-0.15, -0.1) is 0 Å². The molecular formula is C38H42N6O6. The lowest BCUT2D eigenvalue weighted by Gasteiger charge is -2.30. The van der Waals surface area contributed by atoms with Crippen LogP contribution in [-0.4, -0.2) is 69.4 Å². The second-order valence-corrected chi connectivity index (χ2v) is 13.0. The maximum atomic E-state index is 13.8. The van der Waals surface area contributed by atoms with E-state index in [4.69, 9.17) is 24.2 Å². The molecule has 0 aliphatic carbocycles. The van der Waals surface area contributed by atoms with Gasteiger partial charge in [0.2, 0.25) is 0 Å². The van der Waals surface area contributed by atoms with Crippen molar-refractivity contribution in [2.45, 2.75) is 58.3 Å². The normalized spacial score (nSPS) is 14.8. The van der Waals surface area contributed by atoms with E-state index < -0.39 is 5.97 Å². The lowest BCUT2D eigenvalue weighted by Crippen LogP contribution is -2.35. The molecule has 7 rings (SSSR count). The minimum atomic E-state index is -0.813. The van der Waals surface area contributed by atoms with Gasteiger partial charge < -0.3 is 29.2 Å². The molecule has 0 fully saturated rings. The molecule has 5 aromatic rings. The topological polar surface area (TPSA) is 135 Å². The number of carboxylic acid groups (broad SMARTS) is 1. The van der Waals surface area contributed by atoms with Crippen molar-refractivity contribution in [3.05, 3.63) is 105 Å². The average molecular weight is 679 g/mol. The molecule has 0 saturated carbocycles. The van der Waals surface area contributed by atoms with E-state index in [1.165, 1.54) is 16.7 Å². The molecule has 12 heteroatoms. The number of aromatic amines is 1. The van der Waals surface area contributed by atoms with Crippen LogP contribution in [0.1, 0.15) is 52.6 Å². The standard InChI is InChI=1S/C38H42N6O6/c1-48-30-11-7-25(8-12-30)20-43(21-26-9-13-31(49-2)14-10-26)35-34-36-41-37(40-35)50-17-5-3-4-6-28-18-27(22-44(36)38(47)39-34)19-29-15-16-42(23-32(28)29)24-33(45)46/h7-14,18-19H,3-6,15-17,20-24H2,1-2H3,(H,39,47)(H,45,46). The van der Waals surface area contributed by atoms with E-state index in [0.717, 1.165) is 60.3 Å². The van der Waals surface area contributed by atoms with Gasteiger partial charge in [-0.1, -0.05) is 36.4 Å². The molecule has 0 spiro atoms. The summed E-state index contributed by atoms with van der Waals surface area (Å²) in [6.45, 7) is 3.10. The smallest absolute Gasteiger partial charge is 0.328 e. The van der Waals surface area contributed by atoms with Crippen LogP contribution in [0.15, 0.2) is 65.5 Å². The van der Waals surface area contributed by atoms with Gasteiger partial charge in [-0.2, -0.15) is 9.97 Å². The number of methoxy groups -OCH3 is 2. The van der Waals surface area contributed by atoms with Gasteiger partial charge >= 0.3 is 17.7 Å². The molecule has 0 saturated heterocycles. The van der Waals surface area contributed by atoms with Gasteiger partial charge in [-0.25, -0.2) is 4.79 Å². The van der Waals surface area contributed by atoms with Gasteiger partial charge in [0.1, 0.15) is 17.0 Å². The van der Waals surface area contributed by atoms with E-state index >= 15 is 0 Å². The highest BCUT2D eigenvalue weighted by atomic mass is 16.5. The molecule has 12 nitrogen and oxygen atoms in total. The lowest BCUT2D eigenvalue weighted by molar-refractivity contribution is -0.138. The second-order valence-electron chi connectivity index (χ2n) is 13.0. The number of benzene rings is 3. The summed E-state index contributed by atoms with van der Waals surface area (Å²) in [7, 11) is 3.30. The third-order valence-corrected chi connectivity index (χ3v) is 9.54. The quantitative estimate of drug-likeness (QED) is 0.221. The Hall–Kier alpha value is -5.36. The number of ether oxygens (including phenoxy) is 3. The molecule has 4 bridgehead atoms. The van der Waals surface area contributed by atoms with Crippen molar-refractivity contribution in [1.29, 1.82) is 0 Å². The number of rotatable bonds is 9. The number of nitrogens with zero attached hydrogens (tertiary/aromatic N) is 5. The number of nitrogens with one attached hydrogen (secondary N) is 1. The predicted octanol–water partition coefficient (Wildman–Crippen LogP) is 4.94. The summed E-state index contributed by atoms with van der Waals surface area (Å²) in [5, 5.41) is 9.42. The zero-order valence-corrected chi connectivity index (χ0v) is 28.5.